The Balaban J connectivity index is 0.00000210. The van der Waals surface area contributed by atoms with Gasteiger partial charge in [-0.1, -0.05) is 24.3 Å². The molecule has 3 aromatic rings. The fourth-order valence-electron chi connectivity index (χ4n) is 3.44. The molecule has 27 heavy (non-hydrogen) atoms. The summed E-state index contributed by atoms with van der Waals surface area (Å²) < 4.78 is 0. The predicted molar refractivity (Wildman–Crippen MR) is 106 cm³/mol. The van der Waals surface area contributed by atoms with Crippen molar-refractivity contribution in [2.45, 2.75) is 19.5 Å². The van der Waals surface area contributed by atoms with Crippen LogP contribution in [0.2, 0.25) is 0 Å². The van der Waals surface area contributed by atoms with Crippen molar-refractivity contribution in [3.63, 3.8) is 0 Å². The lowest BCUT2D eigenvalue weighted by atomic mass is 9.99. The Hall–Kier alpha value is -2.78. The highest BCUT2D eigenvalue weighted by Crippen LogP contribution is 2.25. The van der Waals surface area contributed by atoms with Gasteiger partial charge in [0.25, 0.3) is 5.69 Å². The number of H-pyrrole nitrogens is 2. The van der Waals surface area contributed by atoms with Crippen molar-refractivity contribution >= 4 is 33.7 Å². The van der Waals surface area contributed by atoms with Gasteiger partial charge in [0.05, 0.1) is 16.0 Å². The predicted octanol–water partition coefficient (Wildman–Crippen LogP) is 2.26. The van der Waals surface area contributed by atoms with E-state index in [1.165, 1.54) is 23.3 Å². The normalized spacial score (nSPS) is 13.8. The van der Waals surface area contributed by atoms with E-state index < -0.39 is 16.0 Å². The summed E-state index contributed by atoms with van der Waals surface area (Å²) >= 11 is 0. The summed E-state index contributed by atoms with van der Waals surface area (Å²) in [6.45, 7) is 1.98. The van der Waals surface area contributed by atoms with Crippen LogP contribution < -0.4 is 11.1 Å². The van der Waals surface area contributed by atoms with Crippen LogP contribution in [0, 0.1) is 10.1 Å². The molecule has 1 aliphatic rings. The Bertz CT molecular complexity index is 1140. The van der Waals surface area contributed by atoms with Gasteiger partial charge in [-0.25, -0.2) is 0 Å². The highest BCUT2D eigenvalue weighted by molar-refractivity contribution is 8.93. The molecule has 2 heterocycles. The van der Waals surface area contributed by atoms with E-state index in [0.717, 1.165) is 19.5 Å². The van der Waals surface area contributed by atoms with Crippen LogP contribution in [0.15, 0.2) is 46.0 Å². The summed E-state index contributed by atoms with van der Waals surface area (Å²) in [5.74, 6) is 0. The minimum atomic E-state index is -0.823. The maximum atomic E-state index is 11.7. The molecule has 2 aromatic carbocycles. The Kier molecular flexibility index (Phi) is 5.24. The number of fused-ring (bicyclic) bond motifs is 2. The van der Waals surface area contributed by atoms with Crippen LogP contribution in [-0.4, -0.2) is 26.3 Å². The van der Waals surface area contributed by atoms with E-state index in [4.69, 9.17) is 0 Å². The molecule has 0 unspecified atom stereocenters. The molecule has 9 heteroatoms. The third-order valence-electron chi connectivity index (χ3n) is 4.71. The van der Waals surface area contributed by atoms with Gasteiger partial charge in [0.15, 0.2) is 0 Å². The number of rotatable bonds is 3. The number of aromatic nitrogens is 2. The summed E-state index contributed by atoms with van der Waals surface area (Å²) in [6, 6.07) is 10.9. The second-order valence-corrected chi connectivity index (χ2v) is 6.42. The number of nitro benzene ring substituents is 1. The van der Waals surface area contributed by atoms with E-state index in [0.29, 0.717) is 17.6 Å². The van der Waals surface area contributed by atoms with Gasteiger partial charge in [0.2, 0.25) is 0 Å². The van der Waals surface area contributed by atoms with E-state index in [-0.39, 0.29) is 28.2 Å². The van der Waals surface area contributed by atoms with Crippen molar-refractivity contribution in [3.05, 3.63) is 83.9 Å². The van der Waals surface area contributed by atoms with Crippen molar-refractivity contribution in [1.82, 2.24) is 14.9 Å². The molecule has 8 nitrogen and oxygen atoms in total. The molecule has 0 aliphatic carbocycles. The first-order valence-electron chi connectivity index (χ1n) is 8.24. The third kappa shape index (κ3) is 3.69. The molecule has 2 N–H and O–H groups in total. The van der Waals surface area contributed by atoms with Crippen molar-refractivity contribution in [2.24, 2.45) is 0 Å². The average molecular weight is 433 g/mol. The minimum absolute atomic E-state index is 0. The van der Waals surface area contributed by atoms with Crippen LogP contribution in [-0.2, 0) is 19.5 Å². The molecule has 0 fully saturated rings. The van der Waals surface area contributed by atoms with Gasteiger partial charge < -0.3 is 9.97 Å². The first-order valence-corrected chi connectivity index (χ1v) is 8.24. The Morgan fingerprint density at radius 1 is 1.07 bits per heavy atom. The van der Waals surface area contributed by atoms with Gasteiger partial charge in [0, 0.05) is 31.8 Å². The highest BCUT2D eigenvalue weighted by Gasteiger charge is 2.19. The lowest BCUT2D eigenvalue weighted by Gasteiger charge is -2.28. The van der Waals surface area contributed by atoms with Crippen LogP contribution in [0.1, 0.15) is 16.7 Å². The Morgan fingerprint density at radius 2 is 1.78 bits per heavy atom. The van der Waals surface area contributed by atoms with Gasteiger partial charge in [0.1, 0.15) is 0 Å². The van der Waals surface area contributed by atoms with Crippen molar-refractivity contribution in [3.8, 4) is 0 Å². The van der Waals surface area contributed by atoms with Crippen molar-refractivity contribution < 1.29 is 4.92 Å². The molecule has 1 aromatic heterocycles. The number of nitro groups is 1. The molecule has 1 aliphatic heterocycles. The molecular formula is C18H17BrN4O4. The quantitative estimate of drug-likeness (QED) is 0.374. The highest BCUT2D eigenvalue weighted by atomic mass is 79.9. The molecule has 0 atom stereocenters. The van der Waals surface area contributed by atoms with Crippen molar-refractivity contribution in [1.29, 1.82) is 0 Å². The van der Waals surface area contributed by atoms with E-state index >= 15 is 0 Å². The summed E-state index contributed by atoms with van der Waals surface area (Å²) in [6.07, 6.45) is 0.899. The number of hydrogen-bond donors (Lipinski definition) is 2. The van der Waals surface area contributed by atoms with E-state index in [1.807, 2.05) is 12.1 Å². The smallest absolute Gasteiger partial charge is 0.314 e. The molecule has 0 spiro atoms. The van der Waals surface area contributed by atoms with Gasteiger partial charge >= 0.3 is 11.1 Å². The maximum absolute atomic E-state index is 11.7. The summed E-state index contributed by atoms with van der Waals surface area (Å²) in [5, 5.41) is 11.2. The van der Waals surface area contributed by atoms with Crippen LogP contribution in [0.3, 0.4) is 0 Å². The number of nitrogens with one attached hydrogen (secondary N) is 2. The monoisotopic (exact) mass is 432 g/mol. The molecule has 0 radical (unpaired) electrons. The molecule has 0 amide bonds. The van der Waals surface area contributed by atoms with E-state index in [1.54, 1.807) is 0 Å². The molecule has 4 rings (SSSR count). The zero-order valence-electron chi connectivity index (χ0n) is 14.2. The Morgan fingerprint density at radius 3 is 2.52 bits per heavy atom. The van der Waals surface area contributed by atoms with Gasteiger partial charge in [-0.2, -0.15) is 0 Å². The fourth-order valence-corrected chi connectivity index (χ4v) is 3.44. The van der Waals surface area contributed by atoms with E-state index in [2.05, 4.69) is 27.0 Å². The summed E-state index contributed by atoms with van der Waals surface area (Å²) in [7, 11) is 0. The largest absolute Gasteiger partial charge is 0.316 e. The van der Waals surface area contributed by atoms with Crippen LogP contribution >= 0.6 is 17.0 Å². The maximum Gasteiger partial charge on any atom is 0.314 e. The lowest BCUT2D eigenvalue weighted by molar-refractivity contribution is -0.384. The summed E-state index contributed by atoms with van der Waals surface area (Å²) in [5.41, 5.74) is 2.14. The zero-order chi connectivity index (χ0) is 18.3. The van der Waals surface area contributed by atoms with E-state index in [9.17, 15) is 19.7 Å². The standard InChI is InChI=1S/C18H16N4O4.BrH/c23-17-18(24)20-16-13(7-14(22(25)26)8-15(16)19-17)10-21-6-5-11-3-1-2-4-12(11)9-21;/h1-4,7-8H,5-6,9-10H2,(H,19,23)(H,20,24);1H. The molecular weight excluding hydrogens is 416 g/mol. The third-order valence-corrected chi connectivity index (χ3v) is 4.71. The first-order chi connectivity index (χ1) is 12.5. The minimum Gasteiger partial charge on any atom is -0.316 e. The molecule has 0 saturated carbocycles. The first kappa shape index (κ1) is 19.0. The number of non-ortho nitro benzene ring substituents is 1. The molecule has 0 saturated heterocycles. The zero-order valence-corrected chi connectivity index (χ0v) is 15.9. The molecule has 0 bridgehead atoms. The number of benzene rings is 2. The van der Waals surface area contributed by atoms with Crippen LogP contribution in [0.25, 0.3) is 11.0 Å². The number of aromatic amines is 2. The van der Waals surface area contributed by atoms with Crippen molar-refractivity contribution in [2.75, 3.05) is 6.54 Å². The molecule has 140 valence electrons. The second kappa shape index (κ2) is 7.45. The van der Waals surface area contributed by atoms with Crippen LogP contribution in [0.4, 0.5) is 5.69 Å². The SMILES string of the molecule is Br.O=c1[nH]c2cc([N+](=O)[O-])cc(CN3CCc4ccccc4C3)c2[nH]c1=O. The Labute approximate surface area is 163 Å². The lowest BCUT2D eigenvalue weighted by Crippen LogP contribution is -2.31. The fraction of sp³-hybridized carbons (Fsp3) is 0.222. The van der Waals surface area contributed by atoms with Gasteiger partial charge in [-0.3, -0.25) is 24.6 Å². The summed E-state index contributed by atoms with van der Waals surface area (Å²) in [4.78, 5) is 41.2. The van der Waals surface area contributed by atoms with Gasteiger partial charge in [-0.15, -0.1) is 17.0 Å². The topological polar surface area (TPSA) is 112 Å². The number of halogens is 1. The number of hydrogen-bond acceptors (Lipinski definition) is 5. The second-order valence-electron chi connectivity index (χ2n) is 6.42. The average Bonchev–Trinajstić information content (AvgIpc) is 2.63. The number of nitrogens with zero attached hydrogens (tertiary/aromatic N) is 2. The van der Waals surface area contributed by atoms with Gasteiger partial charge in [-0.05, 0) is 23.1 Å². The van der Waals surface area contributed by atoms with Crippen LogP contribution in [0.5, 0.6) is 0 Å².